The molecule has 1 N–H and O–H groups in total. The molecule has 1 saturated heterocycles. The molecule has 0 radical (unpaired) electrons. The van der Waals surface area contributed by atoms with Gasteiger partial charge in [0.15, 0.2) is 5.78 Å². The number of ketones is 1. The normalized spacial score (nSPS) is 31.2. The average Bonchev–Trinajstić information content (AvgIpc) is 2.99. The molecule has 3 heteroatoms. The van der Waals surface area contributed by atoms with Gasteiger partial charge in [0, 0.05) is 22.0 Å². The number of halogens is 1. The Morgan fingerprint density at radius 2 is 2.26 bits per heavy atom. The molecule has 0 bridgehead atoms. The van der Waals surface area contributed by atoms with Crippen molar-refractivity contribution in [2.45, 2.75) is 32.2 Å². The molecular weight excluding hydrogens is 302 g/mol. The lowest BCUT2D eigenvalue weighted by Gasteiger charge is -2.24. The molecule has 4 unspecified atom stereocenters. The van der Waals surface area contributed by atoms with Gasteiger partial charge in [0.05, 0.1) is 0 Å². The van der Waals surface area contributed by atoms with Crippen LogP contribution in [0.4, 0.5) is 0 Å². The zero-order valence-electron chi connectivity index (χ0n) is 11.2. The lowest BCUT2D eigenvalue weighted by molar-refractivity contribution is 0.0891. The van der Waals surface area contributed by atoms with E-state index < -0.39 is 0 Å². The third kappa shape index (κ3) is 2.50. The third-order valence-electron chi connectivity index (χ3n) is 4.86. The smallest absolute Gasteiger partial charge is 0.167 e. The Morgan fingerprint density at radius 3 is 3.05 bits per heavy atom. The molecule has 4 atom stereocenters. The Hall–Kier alpha value is -0.670. The Balaban J connectivity index is 1.76. The number of carbonyl (C=O) groups excluding carboxylic acids is 1. The van der Waals surface area contributed by atoms with Gasteiger partial charge in [-0.25, -0.2) is 0 Å². The second-order valence-corrected chi connectivity index (χ2v) is 6.87. The Kier molecular flexibility index (Phi) is 3.77. The van der Waals surface area contributed by atoms with Crippen LogP contribution in [0.15, 0.2) is 28.7 Å². The van der Waals surface area contributed by atoms with E-state index in [2.05, 4.69) is 28.2 Å². The largest absolute Gasteiger partial charge is 0.313 e. The fourth-order valence-corrected chi connectivity index (χ4v) is 4.25. The SMILES string of the molecule is CC(C(=O)c1cccc(Br)c1)C1NCC2CCCC21. The molecule has 1 aliphatic heterocycles. The number of fused-ring (bicyclic) bond motifs is 1. The second-order valence-electron chi connectivity index (χ2n) is 5.95. The van der Waals surface area contributed by atoms with Crippen LogP contribution >= 0.6 is 15.9 Å². The molecule has 1 heterocycles. The maximum atomic E-state index is 12.6. The molecule has 2 nitrogen and oxygen atoms in total. The summed E-state index contributed by atoms with van der Waals surface area (Å²) in [5.41, 5.74) is 0.824. The molecule has 1 saturated carbocycles. The molecule has 3 rings (SSSR count). The van der Waals surface area contributed by atoms with Crippen LogP contribution in [0.1, 0.15) is 36.5 Å². The van der Waals surface area contributed by atoms with Gasteiger partial charge in [-0.15, -0.1) is 0 Å². The van der Waals surface area contributed by atoms with Crippen LogP contribution in [0.2, 0.25) is 0 Å². The Labute approximate surface area is 123 Å². The van der Waals surface area contributed by atoms with E-state index in [1.54, 1.807) is 0 Å². The zero-order valence-corrected chi connectivity index (χ0v) is 12.8. The van der Waals surface area contributed by atoms with Crippen molar-refractivity contribution in [3.63, 3.8) is 0 Å². The molecular formula is C16H20BrNO. The summed E-state index contributed by atoms with van der Waals surface area (Å²) >= 11 is 3.44. The second kappa shape index (κ2) is 5.37. The Bertz CT molecular complexity index is 487. The highest BCUT2D eigenvalue weighted by molar-refractivity contribution is 9.10. The summed E-state index contributed by atoms with van der Waals surface area (Å²) in [7, 11) is 0. The molecule has 1 aromatic rings. The van der Waals surface area contributed by atoms with E-state index in [-0.39, 0.29) is 11.7 Å². The van der Waals surface area contributed by atoms with Gasteiger partial charge < -0.3 is 5.32 Å². The fraction of sp³-hybridized carbons (Fsp3) is 0.562. The van der Waals surface area contributed by atoms with Gasteiger partial charge >= 0.3 is 0 Å². The number of carbonyl (C=O) groups is 1. The van der Waals surface area contributed by atoms with Crippen molar-refractivity contribution in [1.82, 2.24) is 5.32 Å². The zero-order chi connectivity index (χ0) is 13.4. The highest BCUT2D eigenvalue weighted by atomic mass is 79.9. The number of Topliss-reactive ketones (excluding diaryl/α,β-unsaturated/α-hetero) is 1. The van der Waals surface area contributed by atoms with Crippen molar-refractivity contribution >= 4 is 21.7 Å². The lowest BCUT2D eigenvalue weighted by Crippen LogP contribution is -2.37. The average molecular weight is 322 g/mol. The summed E-state index contributed by atoms with van der Waals surface area (Å²) in [5, 5.41) is 3.59. The summed E-state index contributed by atoms with van der Waals surface area (Å²) < 4.78 is 0.976. The predicted molar refractivity (Wildman–Crippen MR) is 80.3 cm³/mol. The van der Waals surface area contributed by atoms with Gasteiger partial charge in [-0.2, -0.15) is 0 Å². The van der Waals surface area contributed by atoms with Crippen LogP contribution in [-0.2, 0) is 0 Å². The van der Waals surface area contributed by atoms with Gasteiger partial charge in [0.1, 0.15) is 0 Å². The van der Waals surface area contributed by atoms with E-state index in [1.807, 2.05) is 24.3 Å². The van der Waals surface area contributed by atoms with Crippen molar-refractivity contribution in [3.8, 4) is 0 Å². The first-order chi connectivity index (χ1) is 9.16. The topological polar surface area (TPSA) is 29.1 Å². The van der Waals surface area contributed by atoms with E-state index in [0.29, 0.717) is 12.0 Å². The molecule has 2 aliphatic rings. The van der Waals surface area contributed by atoms with Gasteiger partial charge in [0.2, 0.25) is 0 Å². The minimum atomic E-state index is 0.0717. The summed E-state index contributed by atoms with van der Waals surface area (Å²) in [5.74, 6) is 1.86. The van der Waals surface area contributed by atoms with Crippen molar-refractivity contribution < 1.29 is 4.79 Å². The highest BCUT2D eigenvalue weighted by Gasteiger charge is 2.42. The number of hydrogen-bond acceptors (Lipinski definition) is 2. The number of hydrogen-bond donors (Lipinski definition) is 1. The summed E-state index contributed by atoms with van der Waals surface area (Å²) in [6, 6.07) is 8.12. The molecule has 1 aliphatic carbocycles. The summed E-state index contributed by atoms with van der Waals surface area (Å²) in [4.78, 5) is 12.6. The quantitative estimate of drug-likeness (QED) is 0.861. The predicted octanol–water partition coefficient (Wildman–Crippen LogP) is 3.66. The maximum absolute atomic E-state index is 12.6. The van der Waals surface area contributed by atoms with Gasteiger partial charge in [-0.1, -0.05) is 41.4 Å². The monoisotopic (exact) mass is 321 g/mol. The van der Waals surface area contributed by atoms with Crippen LogP contribution in [0.25, 0.3) is 0 Å². The maximum Gasteiger partial charge on any atom is 0.167 e. The number of rotatable bonds is 3. The Morgan fingerprint density at radius 1 is 1.42 bits per heavy atom. The molecule has 19 heavy (non-hydrogen) atoms. The van der Waals surface area contributed by atoms with Crippen molar-refractivity contribution in [2.24, 2.45) is 17.8 Å². The van der Waals surface area contributed by atoms with E-state index in [1.165, 1.54) is 19.3 Å². The van der Waals surface area contributed by atoms with Crippen molar-refractivity contribution in [1.29, 1.82) is 0 Å². The van der Waals surface area contributed by atoms with Crippen molar-refractivity contribution in [2.75, 3.05) is 6.54 Å². The van der Waals surface area contributed by atoms with E-state index in [9.17, 15) is 4.79 Å². The first kappa shape index (κ1) is 13.3. The lowest BCUT2D eigenvalue weighted by atomic mass is 9.83. The van der Waals surface area contributed by atoms with Gasteiger partial charge in [0.25, 0.3) is 0 Å². The molecule has 0 aromatic heterocycles. The van der Waals surface area contributed by atoms with E-state index >= 15 is 0 Å². The third-order valence-corrected chi connectivity index (χ3v) is 5.35. The highest BCUT2D eigenvalue weighted by Crippen LogP contribution is 2.40. The fourth-order valence-electron chi connectivity index (χ4n) is 3.85. The van der Waals surface area contributed by atoms with Crippen LogP contribution in [0.5, 0.6) is 0 Å². The van der Waals surface area contributed by atoms with Crippen LogP contribution < -0.4 is 5.32 Å². The first-order valence-corrected chi connectivity index (χ1v) is 7.99. The standard InChI is InChI=1S/C16H20BrNO/c1-10(15-14-7-3-5-12(14)9-18-15)16(19)11-4-2-6-13(17)8-11/h2,4,6,8,10,12,14-15,18H,3,5,7,9H2,1H3. The van der Waals surface area contributed by atoms with Crippen LogP contribution in [0.3, 0.4) is 0 Å². The van der Waals surface area contributed by atoms with E-state index in [4.69, 9.17) is 0 Å². The van der Waals surface area contributed by atoms with Crippen LogP contribution in [0, 0.1) is 17.8 Å². The van der Waals surface area contributed by atoms with Crippen molar-refractivity contribution in [3.05, 3.63) is 34.3 Å². The minimum absolute atomic E-state index is 0.0717. The van der Waals surface area contributed by atoms with E-state index in [0.717, 1.165) is 22.5 Å². The van der Waals surface area contributed by atoms with Gasteiger partial charge in [-0.3, -0.25) is 4.79 Å². The molecule has 0 spiro atoms. The molecule has 2 fully saturated rings. The molecule has 102 valence electrons. The van der Waals surface area contributed by atoms with Crippen LogP contribution in [-0.4, -0.2) is 18.4 Å². The summed E-state index contributed by atoms with van der Waals surface area (Å²) in [6.07, 6.45) is 3.97. The molecule has 0 amide bonds. The first-order valence-electron chi connectivity index (χ1n) is 7.20. The summed E-state index contributed by atoms with van der Waals surface area (Å²) in [6.45, 7) is 3.19. The van der Waals surface area contributed by atoms with Gasteiger partial charge in [-0.05, 0) is 43.4 Å². The number of nitrogens with one attached hydrogen (secondary N) is 1. The molecule has 1 aromatic carbocycles. The minimum Gasteiger partial charge on any atom is -0.313 e. The number of benzene rings is 1.